The van der Waals surface area contributed by atoms with Gasteiger partial charge in [-0.2, -0.15) is 5.10 Å². The van der Waals surface area contributed by atoms with Crippen LogP contribution in [0.3, 0.4) is 0 Å². The zero-order chi connectivity index (χ0) is 12.7. The van der Waals surface area contributed by atoms with Crippen LogP contribution in [0.25, 0.3) is 0 Å². The molecule has 0 spiro atoms. The zero-order valence-corrected chi connectivity index (χ0v) is 11.2. The summed E-state index contributed by atoms with van der Waals surface area (Å²) in [5.41, 5.74) is 1.08. The quantitative estimate of drug-likeness (QED) is 0.749. The Morgan fingerprint density at radius 3 is 2.82 bits per heavy atom. The summed E-state index contributed by atoms with van der Waals surface area (Å²) in [5.74, 6) is 0.831. The van der Waals surface area contributed by atoms with Crippen LogP contribution < -0.4 is 10.1 Å². The fourth-order valence-electron chi connectivity index (χ4n) is 1.87. The molecule has 1 aromatic rings. The fraction of sp³-hybridized carbons (Fsp3) is 0.750. The molecule has 1 N–H and O–H groups in total. The van der Waals surface area contributed by atoms with Crippen LogP contribution in [0, 0.1) is 0 Å². The first-order valence-electron chi connectivity index (χ1n) is 6.02. The van der Waals surface area contributed by atoms with E-state index in [1.165, 1.54) is 0 Å². The molecule has 0 saturated heterocycles. The molecule has 1 rings (SSSR count). The summed E-state index contributed by atoms with van der Waals surface area (Å²) < 4.78 is 12.4. The summed E-state index contributed by atoms with van der Waals surface area (Å²) in [4.78, 5) is 0. The van der Waals surface area contributed by atoms with E-state index in [2.05, 4.69) is 17.3 Å². The summed E-state index contributed by atoms with van der Waals surface area (Å²) in [6.45, 7) is 3.85. The molecule has 1 unspecified atom stereocenters. The van der Waals surface area contributed by atoms with Crippen molar-refractivity contribution >= 4 is 0 Å². The number of nitrogens with one attached hydrogen (secondary N) is 1. The predicted octanol–water partition coefficient (Wildman–Crippen LogP) is 1.51. The van der Waals surface area contributed by atoms with Crippen molar-refractivity contribution in [1.82, 2.24) is 15.1 Å². The van der Waals surface area contributed by atoms with Gasteiger partial charge in [0.05, 0.1) is 25.0 Å². The highest BCUT2D eigenvalue weighted by atomic mass is 16.5. The third kappa shape index (κ3) is 3.71. The first kappa shape index (κ1) is 14.0. The van der Waals surface area contributed by atoms with Gasteiger partial charge in [0.1, 0.15) is 0 Å². The van der Waals surface area contributed by atoms with Crippen LogP contribution in [-0.4, -0.2) is 37.2 Å². The molecule has 1 heterocycles. The molecule has 0 fully saturated rings. The number of methoxy groups -OCH3 is 2. The third-order valence-electron chi connectivity index (χ3n) is 2.75. The van der Waals surface area contributed by atoms with Crippen molar-refractivity contribution in [3.05, 3.63) is 11.9 Å². The standard InChI is InChI=1S/C12H23N3O2/c1-5-7-13-10(6-8-16-3)12-11(17-4)9-14-15(12)2/h9-10,13H,5-8H2,1-4H3. The van der Waals surface area contributed by atoms with Crippen molar-refractivity contribution in [3.8, 4) is 5.75 Å². The second-order valence-corrected chi connectivity index (χ2v) is 4.01. The molecule has 0 aliphatic heterocycles. The first-order valence-corrected chi connectivity index (χ1v) is 6.02. The lowest BCUT2D eigenvalue weighted by Crippen LogP contribution is -2.25. The van der Waals surface area contributed by atoms with E-state index < -0.39 is 0 Å². The molecule has 5 nitrogen and oxygen atoms in total. The van der Waals surface area contributed by atoms with Gasteiger partial charge in [0, 0.05) is 20.8 Å². The number of aromatic nitrogens is 2. The topological polar surface area (TPSA) is 48.3 Å². The monoisotopic (exact) mass is 241 g/mol. The van der Waals surface area contributed by atoms with E-state index in [-0.39, 0.29) is 6.04 Å². The van der Waals surface area contributed by atoms with Gasteiger partial charge in [-0.05, 0) is 19.4 Å². The number of hydrogen-bond donors (Lipinski definition) is 1. The van der Waals surface area contributed by atoms with Crippen molar-refractivity contribution in [1.29, 1.82) is 0 Å². The predicted molar refractivity (Wildman–Crippen MR) is 67.3 cm³/mol. The summed E-state index contributed by atoms with van der Waals surface area (Å²) in [7, 11) is 5.33. The Bertz CT molecular complexity index is 318. The molecule has 0 aliphatic rings. The molecule has 0 radical (unpaired) electrons. The van der Waals surface area contributed by atoms with Crippen LogP contribution in [0.4, 0.5) is 0 Å². The van der Waals surface area contributed by atoms with Crippen LogP contribution in [0.15, 0.2) is 6.20 Å². The summed E-state index contributed by atoms with van der Waals surface area (Å²) in [6.07, 6.45) is 3.76. The normalized spacial score (nSPS) is 12.7. The lowest BCUT2D eigenvalue weighted by atomic mass is 10.1. The van der Waals surface area contributed by atoms with Crippen LogP contribution in [0.1, 0.15) is 31.5 Å². The Kier molecular flexibility index (Phi) is 6.00. The Morgan fingerprint density at radius 1 is 1.47 bits per heavy atom. The van der Waals surface area contributed by atoms with E-state index in [1.807, 2.05) is 11.7 Å². The van der Waals surface area contributed by atoms with Gasteiger partial charge in [0.25, 0.3) is 0 Å². The number of hydrogen-bond acceptors (Lipinski definition) is 4. The molecule has 0 aliphatic carbocycles. The van der Waals surface area contributed by atoms with E-state index in [0.29, 0.717) is 0 Å². The number of nitrogens with zero attached hydrogens (tertiary/aromatic N) is 2. The van der Waals surface area contributed by atoms with Crippen molar-refractivity contribution in [2.24, 2.45) is 7.05 Å². The van der Waals surface area contributed by atoms with E-state index in [4.69, 9.17) is 9.47 Å². The van der Waals surface area contributed by atoms with Gasteiger partial charge in [-0.25, -0.2) is 0 Å². The molecule has 1 aromatic heterocycles. The highest BCUT2D eigenvalue weighted by Gasteiger charge is 2.19. The van der Waals surface area contributed by atoms with Crippen molar-refractivity contribution in [3.63, 3.8) is 0 Å². The maximum atomic E-state index is 5.34. The van der Waals surface area contributed by atoms with E-state index in [0.717, 1.165) is 37.4 Å². The lowest BCUT2D eigenvalue weighted by Gasteiger charge is -2.19. The van der Waals surface area contributed by atoms with E-state index in [1.54, 1.807) is 20.4 Å². The van der Waals surface area contributed by atoms with Crippen LogP contribution in [0.5, 0.6) is 5.75 Å². The third-order valence-corrected chi connectivity index (χ3v) is 2.75. The Balaban J connectivity index is 2.81. The molecule has 98 valence electrons. The summed E-state index contributed by atoms with van der Waals surface area (Å²) >= 11 is 0. The SMILES string of the molecule is CCCNC(CCOC)c1c(OC)cnn1C. The molecule has 0 amide bonds. The maximum Gasteiger partial charge on any atom is 0.161 e. The van der Waals surface area contributed by atoms with Gasteiger partial charge < -0.3 is 14.8 Å². The van der Waals surface area contributed by atoms with Gasteiger partial charge in [0.15, 0.2) is 5.75 Å². The summed E-state index contributed by atoms with van der Waals surface area (Å²) in [6, 6.07) is 0.220. The summed E-state index contributed by atoms with van der Waals surface area (Å²) in [5, 5.41) is 7.74. The van der Waals surface area contributed by atoms with E-state index in [9.17, 15) is 0 Å². The molecule has 0 bridgehead atoms. The van der Waals surface area contributed by atoms with E-state index >= 15 is 0 Å². The number of rotatable bonds is 8. The van der Waals surface area contributed by atoms with Gasteiger partial charge in [-0.15, -0.1) is 0 Å². The van der Waals surface area contributed by atoms with Gasteiger partial charge in [-0.3, -0.25) is 4.68 Å². The largest absolute Gasteiger partial charge is 0.493 e. The number of ether oxygens (including phenoxy) is 2. The molecule has 0 aromatic carbocycles. The van der Waals surface area contributed by atoms with Crippen molar-refractivity contribution < 1.29 is 9.47 Å². The minimum atomic E-state index is 0.220. The Hall–Kier alpha value is -1.07. The lowest BCUT2D eigenvalue weighted by molar-refractivity contribution is 0.181. The molecular formula is C12H23N3O2. The van der Waals surface area contributed by atoms with Crippen molar-refractivity contribution in [2.45, 2.75) is 25.8 Å². The van der Waals surface area contributed by atoms with Crippen LogP contribution in [-0.2, 0) is 11.8 Å². The molecule has 5 heteroatoms. The van der Waals surface area contributed by atoms with Gasteiger partial charge >= 0.3 is 0 Å². The first-order chi connectivity index (χ1) is 8.24. The minimum Gasteiger partial charge on any atom is -0.493 e. The minimum absolute atomic E-state index is 0.220. The van der Waals surface area contributed by atoms with Crippen LogP contribution >= 0.6 is 0 Å². The molecular weight excluding hydrogens is 218 g/mol. The second-order valence-electron chi connectivity index (χ2n) is 4.01. The highest BCUT2D eigenvalue weighted by Crippen LogP contribution is 2.26. The molecule has 1 atom stereocenters. The van der Waals surface area contributed by atoms with Crippen molar-refractivity contribution in [2.75, 3.05) is 27.4 Å². The van der Waals surface area contributed by atoms with Crippen LogP contribution in [0.2, 0.25) is 0 Å². The van der Waals surface area contributed by atoms with Gasteiger partial charge in [0.2, 0.25) is 0 Å². The Morgan fingerprint density at radius 2 is 2.24 bits per heavy atom. The smallest absolute Gasteiger partial charge is 0.161 e. The highest BCUT2D eigenvalue weighted by molar-refractivity contribution is 5.28. The average Bonchev–Trinajstić information content (AvgIpc) is 2.71. The number of aryl methyl sites for hydroxylation is 1. The molecule has 0 saturated carbocycles. The Labute approximate surface area is 103 Å². The zero-order valence-electron chi connectivity index (χ0n) is 11.2. The fourth-order valence-corrected chi connectivity index (χ4v) is 1.87. The molecule has 17 heavy (non-hydrogen) atoms. The average molecular weight is 241 g/mol. The second kappa shape index (κ2) is 7.29. The maximum absolute atomic E-state index is 5.34. The van der Waals surface area contributed by atoms with Gasteiger partial charge in [-0.1, -0.05) is 6.92 Å².